The van der Waals surface area contributed by atoms with Gasteiger partial charge in [0.25, 0.3) is 5.56 Å². The van der Waals surface area contributed by atoms with Crippen LogP contribution in [0.1, 0.15) is 38.2 Å². The second kappa shape index (κ2) is 9.08. The van der Waals surface area contributed by atoms with Crippen LogP contribution in [0.4, 0.5) is 0 Å². The number of nitrogens with zero attached hydrogens (tertiary/aromatic N) is 6. The van der Waals surface area contributed by atoms with E-state index in [1.54, 1.807) is 13.0 Å². The Morgan fingerprint density at radius 2 is 1.90 bits per heavy atom. The molecule has 0 aliphatic rings. The van der Waals surface area contributed by atoms with Crippen molar-refractivity contribution in [2.45, 2.75) is 44.6 Å². The molecule has 0 aliphatic carbocycles. The highest BCUT2D eigenvalue weighted by Gasteiger charge is 2.23. The first-order valence-electron chi connectivity index (χ1n) is 9.69. The number of nitriles is 1. The van der Waals surface area contributed by atoms with Crippen molar-refractivity contribution >= 4 is 32.6 Å². The zero-order valence-corrected chi connectivity index (χ0v) is 18.9. The minimum absolute atomic E-state index is 0.00340. The molecule has 3 aromatic rings. The van der Waals surface area contributed by atoms with Gasteiger partial charge in [-0.3, -0.25) is 14.3 Å². The van der Waals surface area contributed by atoms with E-state index in [1.165, 1.54) is 23.0 Å². The molecule has 0 fully saturated rings. The molecule has 0 radical (unpaired) electrons. The highest BCUT2D eigenvalue weighted by molar-refractivity contribution is 7.91. The highest BCUT2D eigenvalue weighted by Crippen LogP contribution is 2.20. The third-order valence-corrected chi connectivity index (χ3v) is 6.77. The average molecular weight is 461 g/mol. The molecule has 31 heavy (non-hydrogen) atoms. The average Bonchev–Trinajstić information content (AvgIpc) is 2.75. The molecule has 0 spiro atoms. The number of aromatic nitrogens is 5. The van der Waals surface area contributed by atoms with E-state index < -0.39 is 21.4 Å². The smallest absolute Gasteiger partial charge is 0.273 e. The van der Waals surface area contributed by atoms with Crippen LogP contribution in [0.15, 0.2) is 34.2 Å². The summed E-state index contributed by atoms with van der Waals surface area (Å²) in [5.74, 6) is -0.152. The van der Waals surface area contributed by atoms with Crippen LogP contribution in [0.3, 0.4) is 0 Å². The fourth-order valence-electron chi connectivity index (χ4n) is 3.11. The molecular formula is C20H21ClN6O3S. The van der Waals surface area contributed by atoms with E-state index in [0.29, 0.717) is 17.6 Å². The van der Waals surface area contributed by atoms with Crippen molar-refractivity contribution in [1.29, 1.82) is 5.26 Å². The van der Waals surface area contributed by atoms with E-state index in [-0.39, 0.29) is 39.6 Å². The molecule has 0 N–H and O–H groups in total. The van der Waals surface area contributed by atoms with Gasteiger partial charge in [-0.2, -0.15) is 10.2 Å². The Balaban J connectivity index is 2.00. The van der Waals surface area contributed by atoms with Crippen molar-refractivity contribution in [1.82, 2.24) is 24.5 Å². The second-order valence-electron chi connectivity index (χ2n) is 7.29. The standard InChI is InChI=1S/C20H21ClN6O3S/c1-4-31(29,30)14-7-5-13(23-10-14)6-8-15-19(28)27(17(9-22)12(2)3)18-16(25-15)11-24-20(21)26-18/h5,7,10-12,17H,4,6,8H2,1-3H3/t17-/m1/s1. The first kappa shape index (κ1) is 22.8. The summed E-state index contributed by atoms with van der Waals surface area (Å²) in [5, 5.41) is 9.61. The van der Waals surface area contributed by atoms with Gasteiger partial charge >= 0.3 is 0 Å². The largest absolute Gasteiger partial charge is 0.275 e. The number of hydrogen-bond donors (Lipinski definition) is 0. The molecule has 1 atom stereocenters. The fraction of sp³-hybridized carbons (Fsp3) is 0.400. The molecule has 0 saturated heterocycles. The minimum atomic E-state index is -3.33. The molecule has 9 nitrogen and oxygen atoms in total. The van der Waals surface area contributed by atoms with Crippen molar-refractivity contribution in [2.24, 2.45) is 5.92 Å². The molecule has 0 aliphatic heterocycles. The fourth-order valence-corrected chi connectivity index (χ4v) is 4.06. The van der Waals surface area contributed by atoms with Crippen molar-refractivity contribution in [3.63, 3.8) is 0 Å². The number of pyridine rings is 1. The molecule has 3 aromatic heterocycles. The molecule has 0 amide bonds. The van der Waals surface area contributed by atoms with E-state index in [2.05, 4.69) is 26.0 Å². The summed E-state index contributed by atoms with van der Waals surface area (Å²) in [6, 6.07) is 4.54. The maximum atomic E-state index is 13.2. The second-order valence-corrected chi connectivity index (χ2v) is 9.90. The third-order valence-electron chi connectivity index (χ3n) is 4.87. The van der Waals surface area contributed by atoms with Crippen LogP contribution in [0.2, 0.25) is 5.28 Å². The monoisotopic (exact) mass is 460 g/mol. The number of rotatable bonds is 7. The predicted molar refractivity (Wildman–Crippen MR) is 115 cm³/mol. The van der Waals surface area contributed by atoms with E-state index >= 15 is 0 Å². The van der Waals surface area contributed by atoms with Crippen LogP contribution in [-0.2, 0) is 22.7 Å². The molecule has 162 valence electrons. The van der Waals surface area contributed by atoms with Gasteiger partial charge in [0, 0.05) is 18.3 Å². The van der Waals surface area contributed by atoms with E-state index in [0.717, 1.165) is 0 Å². The molecule has 11 heteroatoms. The molecule has 3 heterocycles. The first-order chi connectivity index (χ1) is 14.7. The van der Waals surface area contributed by atoms with Gasteiger partial charge in [-0.05, 0) is 36.1 Å². The Morgan fingerprint density at radius 3 is 2.48 bits per heavy atom. The quantitative estimate of drug-likeness (QED) is 0.491. The summed E-state index contributed by atoms with van der Waals surface area (Å²) in [6.45, 7) is 5.25. The van der Waals surface area contributed by atoms with Crippen LogP contribution >= 0.6 is 11.6 Å². The normalized spacial score (nSPS) is 12.8. The number of fused-ring (bicyclic) bond motifs is 1. The summed E-state index contributed by atoms with van der Waals surface area (Å²) >= 11 is 5.91. The summed E-state index contributed by atoms with van der Waals surface area (Å²) in [7, 11) is -3.33. The summed E-state index contributed by atoms with van der Waals surface area (Å²) in [4.78, 5) is 30.0. The highest BCUT2D eigenvalue weighted by atomic mass is 35.5. The zero-order chi connectivity index (χ0) is 22.8. The van der Waals surface area contributed by atoms with Gasteiger partial charge in [-0.25, -0.2) is 18.4 Å². The molecule has 0 unspecified atom stereocenters. The Morgan fingerprint density at radius 1 is 1.16 bits per heavy atom. The lowest BCUT2D eigenvalue weighted by atomic mass is 10.1. The van der Waals surface area contributed by atoms with Gasteiger partial charge in [0.1, 0.15) is 17.3 Å². The topological polar surface area (TPSA) is 131 Å². The third kappa shape index (κ3) is 4.73. The molecule has 0 saturated carbocycles. The van der Waals surface area contributed by atoms with Crippen LogP contribution < -0.4 is 5.56 Å². The Hall–Kier alpha value is -2.90. The Bertz CT molecular complexity index is 1310. The number of hydrogen-bond acceptors (Lipinski definition) is 8. The maximum Gasteiger partial charge on any atom is 0.275 e. The predicted octanol–water partition coefficient (Wildman–Crippen LogP) is 2.53. The van der Waals surface area contributed by atoms with Crippen molar-refractivity contribution in [3.8, 4) is 6.07 Å². The lowest BCUT2D eigenvalue weighted by Crippen LogP contribution is -2.32. The van der Waals surface area contributed by atoms with Crippen LogP contribution in [-0.4, -0.2) is 38.7 Å². The van der Waals surface area contributed by atoms with Crippen molar-refractivity contribution in [2.75, 3.05) is 5.75 Å². The number of halogens is 1. The van der Waals surface area contributed by atoms with Gasteiger partial charge in [-0.15, -0.1) is 0 Å². The van der Waals surface area contributed by atoms with Crippen molar-refractivity contribution in [3.05, 3.63) is 51.6 Å². The van der Waals surface area contributed by atoms with Gasteiger partial charge < -0.3 is 0 Å². The number of sulfone groups is 1. The number of aryl methyl sites for hydroxylation is 2. The molecule has 0 aromatic carbocycles. The van der Waals surface area contributed by atoms with Gasteiger partial charge in [-0.1, -0.05) is 20.8 Å². The summed E-state index contributed by atoms with van der Waals surface area (Å²) in [5.41, 5.74) is 1.01. The maximum absolute atomic E-state index is 13.2. The first-order valence-corrected chi connectivity index (χ1v) is 11.7. The van der Waals surface area contributed by atoms with E-state index in [1.807, 2.05) is 13.8 Å². The van der Waals surface area contributed by atoms with E-state index in [9.17, 15) is 18.5 Å². The lowest BCUT2D eigenvalue weighted by molar-refractivity contribution is 0.454. The van der Waals surface area contributed by atoms with Crippen LogP contribution in [0.5, 0.6) is 0 Å². The van der Waals surface area contributed by atoms with E-state index in [4.69, 9.17) is 11.6 Å². The Labute approximate surface area is 184 Å². The van der Waals surface area contributed by atoms with Crippen molar-refractivity contribution < 1.29 is 8.42 Å². The summed E-state index contributed by atoms with van der Waals surface area (Å²) in [6.07, 6.45) is 3.36. The summed E-state index contributed by atoms with van der Waals surface area (Å²) < 4.78 is 25.2. The Kier molecular flexibility index (Phi) is 6.67. The SMILES string of the molecule is CCS(=O)(=O)c1ccc(CCc2nc3cnc(Cl)nc3n([C@H](C#N)C(C)C)c2=O)nc1. The minimum Gasteiger partial charge on any atom is -0.273 e. The van der Waals surface area contributed by atoms with Gasteiger partial charge in [0.15, 0.2) is 15.5 Å². The molecule has 0 bridgehead atoms. The zero-order valence-electron chi connectivity index (χ0n) is 17.3. The molecular weight excluding hydrogens is 440 g/mol. The van der Waals surface area contributed by atoms with Crippen LogP contribution in [0, 0.1) is 17.2 Å². The van der Waals surface area contributed by atoms with Crippen LogP contribution in [0.25, 0.3) is 11.2 Å². The lowest BCUT2D eigenvalue weighted by Gasteiger charge is -2.19. The van der Waals surface area contributed by atoms with Gasteiger partial charge in [0.05, 0.1) is 22.9 Å². The molecule has 3 rings (SSSR count). The van der Waals surface area contributed by atoms with Gasteiger partial charge in [0.2, 0.25) is 5.28 Å².